The van der Waals surface area contributed by atoms with Crippen LogP contribution in [0.2, 0.25) is 0 Å². The second-order valence-corrected chi connectivity index (χ2v) is 3.92. The zero-order chi connectivity index (χ0) is 11.1. The summed E-state index contributed by atoms with van der Waals surface area (Å²) in [7, 11) is 0. The van der Waals surface area contributed by atoms with Crippen molar-refractivity contribution in [3.05, 3.63) is 0 Å². The third-order valence-corrected chi connectivity index (χ3v) is 2.77. The zero-order valence-corrected chi connectivity index (χ0v) is 9.79. The minimum atomic E-state index is 0.0681. The van der Waals surface area contributed by atoms with Gasteiger partial charge in [-0.1, -0.05) is 20.3 Å². The first-order valence-corrected chi connectivity index (χ1v) is 5.91. The van der Waals surface area contributed by atoms with Crippen LogP contribution in [-0.4, -0.2) is 43.3 Å². The van der Waals surface area contributed by atoms with Gasteiger partial charge in [-0.2, -0.15) is 0 Å². The number of hydrogen-bond donors (Lipinski definition) is 1. The molecular formula is C11H22N2O2. The molecule has 0 aromatic carbocycles. The van der Waals surface area contributed by atoms with E-state index in [2.05, 4.69) is 19.2 Å². The first kappa shape index (κ1) is 12.3. The molecule has 1 fully saturated rings. The normalized spacial score (nSPS) is 21.5. The molecule has 1 aliphatic heterocycles. The molecule has 1 heterocycles. The molecule has 4 nitrogen and oxygen atoms in total. The molecule has 1 atom stereocenters. The van der Waals surface area contributed by atoms with Gasteiger partial charge >= 0.3 is 6.03 Å². The fourth-order valence-corrected chi connectivity index (χ4v) is 1.73. The van der Waals surface area contributed by atoms with Gasteiger partial charge in [-0.15, -0.1) is 0 Å². The van der Waals surface area contributed by atoms with Gasteiger partial charge < -0.3 is 15.0 Å². The van der Waals surface area contributed by atoms with Gasteiger partial charge in [-0.05, 0) is 12.8 Å². The van der Waals surface area contributed by atoms with Crippen LogP contribution in [0.15, 0.2) is 0 Å². The Morgan fingerprint density at radius 2 is 2.33 bits per heavy atom. The molecule has 0 aromatic rings. The van der Waals surface area contributed by atoms with E-state index in [1.54, 1.807) is 0 Å². The minimum absolute atomic E-state index is 0.0681. The molecule has 1 aliphatic rings. The summed E-state index contributed by atoms with van der Waals surface area (Å²) < 4.78 is 5.36. The average molecular weight is 214 g/mol. The highest BCUT2D eigenvalue weighted by molar-refractivity contribution is 5.74. The smallest absolute Gasteiger partial charge is 0.317 e. The summed E-state index contributed by atoms with van der Waals surface area (Å²) in [6, 6.07) is 0.318. The molecule has 4 heteroatoms. The highest BCUT2D eigenvalue weighted by Gasteiger charge is 2.25. The van der Waals surface area contributed by atoms with Crippen molar-refractivity contribution in [2.45, 2.75) is 39.2 Å². The highest BCUT2D eigenvalue weighted by Crippen LogP contribution is 2.10. The average Bonchev–Trinajstić information content (AvgIpc) is 2.29. The summed E-state index contributed by atoms with van der Waals surface area (Å²) in [5, 5.41) is 2.95. The van der Waals surface area contributed by atoms with Crippen molar-refractivity contribution < 1.29 is 9.53 Å². The van der Waals surface area contributed by atoms with Gasteiger partial charge in [0.1, 0.15) is 0 Å². The molecule has 0 saturated carbocycles. The van der Waals surface area contributed by atoms with Crippen molar-refractivity contribution in [3.63, 3.8) is 0 Å². The van der Waals surface area contributed by atoms with Crippen LogP contribution in [0.3, 0.4) is 0 Å². The lowest BCUT2D eigenvalue weighted by Crippen LogP contribution is -2.52. The van der Waals surface area contributed by atoms with E-state index in [1.165, 1.54) is 0 Å². The number of unbranched alkanes of at least 4 members (excludes halogenated alkanes) is 1. The number of carbonyl (C=O) groups is 1. The molecule has 1 N–H and O–H groups in total. The summed E-state index contributed by atoms with van der Waals surface area (Å²) in [6.45, 7) is 7.05. The third-order valence-electron chi connectivity index (χ3n) is 2.77. The van der Waals surface area contributed by atoms with E-state index >= 15 is 0 Å². The lowest BCUT2D eigenvalue weighted by atomic mass is 10.2. The molecule has 0 spiro atoms. The molecule has 0 bridgehead atoms. The molecule has 1 saturated heterocycles. The van der Waals surface area contributed by atoms with Crippen molar-refractivity contribution in [1.29, 1.82) is 0 Å². The van der Waals surface area contributed by atoms with Gasteiger partial charge in [-0.25, -0.2) is 4.79 Å². The van der Waals surface area contributed by atoms with Crippen LogP contribution in [0.1, 0.15) is 33.1 Å². The predicted octanol–water partition coefficient (Wildman–Crippen LogP) is 1.61. The molecule has 2 amide bonds. The van der Waals surface area contributed by atoms with E-state index in [1.807, 2.05) is 4.90 Å². The Balaban J connectivity index is 2.34. The van der Waals surface area contributed by atoms with Crippen LogP contribution < -0.4 is 5.32 Å². The standard InChI is InChI=1S/C11H22N2O2/c1-3-5-6-12-11(14)13-7-8-15-9-10(13)4-2/h10H,3-9H2,1-2H3,(H,12,14). The first-order chi connectivity index (χ1) is 7.29. The topological polar surface area (TPSA) is 41.6 Å². The van der Waals surface area contributed by atoms with Crippen LogP contribution in [-0.2, 0) is 4.74 Å². The van der Waals surface area contributed by atoms with E-state index < -0.39 is 0 Å². The third kappa shape index (κ3) is 3.70. The Morgan fingerprint density at radius 1 is 1.53 bits per heavy atom. The van der Waals surface area contributed by atoms with Gasteiger partial charge in [0.2, 0.25) is 0 Å². The number of urea groups is 1. The number of nitrogens with one attached hydrogen (secondary N) is 1. The number of hydrogen-bond acceptors (Lipinski definition) is 2. The Bertz CT molecular complexity index is 197. The maximum Gasteiger partial charge on any atom is 0.317 e. The van der Waals surface area contributed by atoms with Crippen LogP contribution in [0, 0.1) is 0 Å². The maximum atomic E-state index is 11.8. The Labute approximate surface area is 92.0 Å². The number of ether oxygens (including phenoxy) is 1. The quantitative estimate of drug-likeness (QED) is 0.722. The summed E-state index contributed by atoms with van der Waals surface area (Å²) in [5.74, 6) is 0. The summed E-state index contributed by atoms with van der Waals surface area (Å²) >= 11 is 0. The number of amides is 2. The van der Waals surface area contributed by atoms with E-state index in [0.717, 1.165) is 32.4 Å². The molecule has 88 valence electrons. The molecule has 15 heavy (non-hydrogen) atoms. The van der Waals surface area contributed by atoms with Crippen molar-refractivity contribution in [1.82, 2.24) is 10.2 Å². The van der Waals surface area contributed by atoms with Gasteiger partial charge in [0.15, 0.2) is 0 Å². The van der Waals surface area contributed by atoms with E-state index in [9.17, 15) is 4.79 Å². The van der Waals surface area contributed by atoms with Gasteiger partial charge in [0.25, 0.3) is 0 Å². The second kappa shape index (κ2) is 6.67. The number of rotatable bonds is 4. The van der Waals surface area contributed by atoms with Gasteiger partial charge in [0.05, 0.1) is 19.3 Å². The molecule has 1 unspecified atom stereocenters. The van der Waals surface area contributed by atoms with Crippen LogP contribution in [0.4, 0.5) is 4.79 Å². The number of nitrogens with zero attached hydrogens (tertiary/aromatic N) is 1. The second-order valence-electron chi connectivity index (χ2n) is 3.92. The van der Waals surface area contributed by atoms with E-state index in [4.69, 9.17) is 4.74 Å². The van der Waals surface area contributed by atoms with Gasteiger partial charge in [0, 0.05) is 13.1 Å². The lowest BCUT2D eigenvalue weighted by molar-refractivity contribution is 0.0113. The lowest BCUT2D eigenvalue weighted by Gasteiger charge is -2.35. The zero-order valence-electron chi connectivity index (χ0n) is 9.79. The van der Waals surface area contributed by atoms with Crippen LogP contribution >= 0.6 is 0 Å². The number of morpholine rings is 1. The molecular weight excluding hydrogens is 192 g/mol. The van der Waals surface area contributed by atoms with Crippen molar-refractivity contribution in [2.75, 3.05) is 26.3 Å². The minimum Gasteiger partial charge on any atom is -0.377 e. The van der Waals surface area contributed by atoms with Crippen LogP contribution in [0.5, 0.6) is 0 Å². The molecule has 0 aliphatic carbocycles. The first-order valence-electron chi connectivity index (χ1n) is 5.91. The monoisotopic (exact) mass is 214 g/mol. The summed E-state index contributed by atoms with van der Waals surface area (Å²) in [5.41, 5.74) is 0. The fourth-order valence-electron chi connectivity index (χ4n) is 1.73. The summed E-state index contributed by atoms with van der Waals surface area (Å²) in [4.78, 5) is 13.7. The highest BCUT2D eigenvalue weighted by atomic mass is 16.5. The maximum absolute atomic E-state index is 11.8. The molecule has 0 aromatic heterocycles. The fraction of sp³-hybridized carbons (Fsp3) is 0.909. The van der Waals surface area contributed by atoms with E-state index in [0.29, 0.717) is 13.2 Å². The SMILES string of the molecule is CCCCNC(=O)N1CCOCC1CC. The largest absolute Gasteiger partial charge is 0.377 e. The molecule has 0 radical (unpaired) electrons. The Hall–Kier alpha value is -0.770. The number of carbonyl (C=O) groups excluding carboxylic acids is 1. The Kier molecular flexibility index (Phi) is 5.47. The van der Waals surface area contributed by atoms with Crippen LogP contribution in [0.25, 0.3) is 0 Å². The predicted molar refractivity (Wildman–Crippen MR) is 59.9 cm³/mol. The van der Waals surface area contributed by atoms with Gasteiger partial charge in [-0.3, -0.25) is 0 Å². The van der Waals surface area contributed by atoms with E-state index in [-0.39, 0.29) is 12.1 Å². The summed E-state index contributed by atoms with van der Waals surface area (Å²) in [6.07, 6.45) is 3.12. The Morgan fingerprint density at radius 3 is 3.00 bits per heavy atom. The van der Waals surface area contributed by atoms with Crippen molar-refractivity contribution >= 4 is 6.03 Å². The van der Waals surface area contributed by atoms with Crippen molar-refractivity contribution in [3.8, 4) is 0 Å². The van der Waals surface area contributed by atoms with Crippen molar-refractivity contribution in [2.24, 2.45) is 0 Å². The molecule has 1 rings (SSSR count).